The fourth-order valence-corrected chi connectivity index (χ4v) is 3.39. The van der Waals surface area contributed by atoms with Gasteiger partial charge in [-0.1, -0.05) is 0 Å². The lowest BCUT2D eigenvalue weighted by atomic mass is 10.1. The van der Waals surface area contributed by atoms with E-state index in [1.807, 2.05) is 18.2 Å². The van der Waals surface area contributed by atoms with E-state index in [1.165, 1.54) is 12.4 Å². The number of fused-ring (bicyclic) bond motifs is 1. The molecule has 0 saturated heterocycles. The number of imidazole rings is 1. The van der Waals surface area contributed by atoms with Gasteiger partial charge in [-0.15, -0.1) is 0 Å². The van der Waals surface area contributed by atoms with Crippen molar-refractivity contribution in [2.75, 3.05) is 0 Å². The van der Waals surface area contributed by atoms with Crippen LogP contribution in [0.4, 0.5) is 13.2 Å². The second kappa shape index (κ2) is 6.15. The van der Waals surface area contributed by atoms with Gasteiger partial charge in [-0.25, -0.2) is 9.50 Å². The maximum absolute atomic E-state index is 12.7. The molecule has 6 nitrogen and oxygen atoms in total. The predicted molar refractivity (Wildman–Crippen MR) is 95.5 cm³/mol. The Kier molecular flexibility index (Phi) is 3.71. The molecular formula is C19H15F3N6. The molecule has 1 aliphatic carbocycles. The Morgan fingerprint density at radius 3 is 2.50 bits per heavy atom. The SMILES string of the molecule is FC(F)(F)Cn1cc(-c2c(C3CC3)nc3c(-c4ccncc4)ccnn23)cn1. The highest BCUT2D eigenvalue weighted by atomic mass is 19.4. The smallest absolute Gasteiger partial charge is 0.265 e. The molecule has 0 unspecified atom stereocenters. The van der Waals surface area contributed by atoms with E-state index in [0.29, 0.717) is 22.8 Å². The molecule has 28 heavy (non-hydrogen) atoms. The summed E-state index contributed by atoms with van der Waals surface area (Å²) in [5.41, 5.74) is 4.68. The molecule has 0 aromatic carbocycles. The summed E-state index contributed by atoms with van der Waals surface area (Å²) in [4.78, 5) is 8.88. The van der Waals surface area contributed by atoms with E-state index in [4.69, 9.17) is 4.98 Å². The first-order chi connectivity index (χ1) is 13.5. The molecule has 0 N–H and O–H groups in total. The second-order valence-corrected chi connectivity index (χ2v) is 6.88. The maximum atomic E-state index is 12.7. The van der Waals surface area contributed by atoms with Gasteiger partial charge in [0.25, 0.3) is 0 Å². The van der Waals surface area contributed by atoms with Crippen molar-refractivity contribution in [2.24, 2.45) is 0 Å². The minimum atomic E-state index is -4.32. The molecular weight excluding hydrogens is 369 g/mol. The normalized spacial score (nSPS) is 14.7. The average molecular weight is 384 g/mol. The van der Waals surface area contributed by atoms with E-state index >= 15 is 0 Å². The molecule has 0 aliphatic heterocycles. The van der Waals surface area contributed by atoms with Crippen molar-refractivity contribution >= 4 is 5.65 Å². The van der Waals surface area contributed by atoms with Crippen LogP contribution in [0, 0.1) is 0 Å². The van der Waals surface area contributed by atoms with Crippen LogP contribution in [0.2, 0.25) is 0 Å². The zero-order chi connectivity index (χ0) is 19.3. The first-order valence-electron chi connectivity index (χ1n) is 8.87. The fourth-order valence-electron chi connectivity index (χ4n) is 3.39. The Hall–Kier alpha value is -3.23. The van der Waals surface area contributed by atoms with Crippen molar-refractivity contribution in [2.45, 2.75) is 31.5 Å². The van der Waals surface area contributed by atoms with E-state index in [1.54, 1.807) is 23.1 Å². The van der Waals surface area contributed by atoms with Crippen LogP contribution in [0.3, 0.4) is 0 Å². The van der Waals surface area contributed by atoms with Gasteiger partial charge in [0.2, 0.25) is 0 Å². The number of rotatable bonds is 4. The van der Waals surface area contributed by atoms with Crippen molar-refractivity contribution < 1.29 is 13.2 Å². The number of pyridine rings is 1. The molecule has 4 aromatic rings. The van der Waals surface area contributed by atoms with Crippen LogP contribution in [-0.4, -0.2) is 35.5 Å². The molecule has 4 aromatic heterocycles. The van der Waals surface area contributed by atoms with Gasteiger partial charge in [-0.05, 0) is 36.6 Å². The maximum Gasteiger partial charge on any atom is 0.408 e. The largest absolute Gasteiger partial charge is 0.408 e. The molecule has 1 saturated carbocycles. The number of hydrogen-bond donors (Lipinski definition) is 0. The van der Waals surface area contributed by atoms with Gasteiger partial charge in [-0.3, -0.25) is 9.67 Å². The Labute approximate surface area is 157 Å². The van der Waals surface area contributed by atoms with Crippen molar-refractivity contribution in [3.63, 3.8) is 0 Å². The van der Waals surface area contributed by atoms with Gasteiger partial charge in [-0.2, -0.15) is 23.4 Å². The number of alkyl halides is 3. The van der Waals surface area contributed by atoms with Gasteiger partial charge < -0.3 is 0 Å². The lowest BCUT2D eigenvalue weighted by Crippen LogP contribution is -2.17. The van der Waals surface area contributed by atoms with Crippen molar-refractivity contribution in [3.05, 3.63) is 54.9 Å². The highest BCUT2D eigenvalue weighted by Gasteiger charge is 2.33. The molecule has 4 heterocycles. The monoisotopic (exact) mass is 384 g/mol. The molecule has 1 fully saturated rings. The second-order valence-electron chi connectivity index (χ2n) is 6.88. The van der Waals surface area contributed by atoms with E-state index < -0.39 is 12.7 Å². The average Bonchev–Trinajstić information content (AvgIpc) is 3.30. The Morgan fingerprint density at radius 2 is 1.79 bits per heavy atom. The first kappa shape index (κ1) is 16.9. The van der Waals surface area contributed by atoms with E-state index in [0.717, 1.165) is 34.3 Å². The van der Waals surface area contributed by atoms with Crippen LogP contribution < -0.4 is 0 Å². The van der Waals surface area contributed by atoms with Gasteiger partial charge in [0.1, 0.15) is 6.54 Å². The Bertz CT molecular complexity index is 1140. The lowest BCUT2D eigenvalue weighted by Gasteiger charge is -2.06. The van der Waals surface area contributed by atoms with Crippen molar-refractivity contribution in [1.29, 1.82) is 0 Å². The molecule has 0 spiro atoms. The molecule has 9 heteroatoms. The lowest BCUT2D eigenvalue weighted by molar-refractivity contribution is -0.142. The topological polar surface area (TPSA) is 60.9 Å². The van der Waals surface area contributed by atoms with Crippen molar-refractivity contribution in [3.8, 4) is 22.4 Å². The molecule has 0 radical (unpaired) electrons. The summed E-state index contributed by atoms with van der Waals surface area (Å²) in [6, 6.07) is 5.66. The van der Waals surface area contributed by atoms with Gasteiger partial charge >= 0.3 is 6.18 Å². The zero-order valence-electron chi connectivity index (χ0n) is 14.6. The van der Waals surface area contributed by atoms with Gasteiger partial charge in [0.05, 0.1) is 17.6 Å². The number of nitrogens with zero attached hydrogens (tertiary/aromatic N) is 6. The fraction of sp³-hybridized carbons (Fsp3) is 0.263. The van der Waals surface area contributed by atoms with Gasteiger partial charge in [0, 0.05) is 41.8 Å². The highest BCUT2D eigenvalue weighted by Crippen LogP contribution is 2.44. The van der Waals surface area contributed by atoms with Crippen LogP contribution in [0.1, 0.15) is 24.5 Å². The number of hydrogen-bond acceptors (Lipinski definition) is 4. The molecule has 0 atom stereocenters. The predicted octanol–water partition coefficient (Wildman–Crippen LogP) is 4.09. The third-order valence-electron chi connectivity index (χ3n) is 4.75. The standard InChI is InChI=1S/C19H15F3N6/c20-19(21,22)11-27-10-14(9-25-27)17-16(13-1-2-13)26-18-15(5-8-24-28(17)18)12-3-6-23-7-4-12/h3-10,13H,1-2,11H2. The summed E-state index contributed by atoms with van der Waals surface area (Å²) in [5, 5.41) is 8.32. The molecule has 142 valence electrons. The minimum Gasteiger partial charge on any atom is -0.265 e. The van der Waals surface area contributed by atoms with Crippen molar-refractivity contribution in [1.82, 2.24) is 29.4 Å². The minimum absolute atomic E-state index is 0.299. The number of aromatic nitrogens is 6. The first-order valence-corrected chi connectivity index (χ1v) is 8.87. The molecule has 1 aliphatic rings. The third-order valence-corrected chi connectivity index (χ3v) is 4.75. The summed E-state index contributed by atoms with van der Waals surface area (Å²) in [7, 11) is 0. The van der Waals surface area contributed by atoms with Crippen LogP contribution >= 0.6 is 0 Å². The van der Waals surface area contributed by atoms with E-state index in [-0.39, 0.29) is 0 Å². The highest BCUT2D eigenvalue weighted by molar-refractivity contribution is 5.80. The van der Waals surface area contributed by atoms with E-state index in [2.05, 4.69) is 15.2 Å². The van der Waals surface area contributed by atoms with Gasteiger partial charge in [0.15, 0.2) is 5.65 Å². The van der Waals surface area contributed by atoms with Crippen LogP contribution in [0.15, 0.2) is 49.2 Å². The quantitative estimate of drug-likeness (QED) is 0.532. The van der Waals surface area contributed by atoms with E-state index in [9.17, 15) is 13.2 Å². The summed E-state index contributed by atoms with van der Waals surface area (Å²) >= 11 is 0. The summed E-state index contributed by atoms with van der Waals surface area (Å²) in [5.74, 6) is 0.299. The summed E-state index contributed by atoms with van der Waals surface area (Å²) in [6.45, 7) is -1.13. The molecule has 0 bridgehead atoms. The third kappa shape index (κ3) is 3.02. The molecule has 5 rings (SSSR count). The molecule has 0 amide bonds. The van der Waals surface area contributed by atoms with Crippen LogP contribution in [0.25, 0.3) is 28.0 Å². The number of halogens is 3. The van der Waals surface area contributed by atoms with Crippen LogP contribution in [0.5, 0.6) is 0 Å². The summed E-state index contributed by atoms with van der Waals surface area (Å²) < 4.78 is 40.7. The van der Waals surface area contributed by atoms with Crippen LogP contribution in [-0.2, 0) is 6.54 Å². The summed E-state index contributed by atoms with van der Waals surface area (Å²) in [6.07, 6.45) is 5.64. The Balaban J connectivity index is 1.68. The Morgan fingerprint density at radius 1 is 1.00 bits per heavy atom. The zero-order valence-corrected chi connectivity index (χ0v) is 14.6.